The number of rotatable bonds is 6. The average Bonchev–Trinajstić information content (AvgIpc) is 2.82. The molecule has 5 N–H and O–H groups in total. The Kier molecular flexibility index (Phi) is 4.06. The predicted octanol–water partition coefficient (Wildman–Crippen LogP) is -1.48. The van der Waals surface area contributed by atoms with Crippen molar-refractivity contribution in [2.24, 2.45) is 16.8 Å². The second-order valence-electron chi connectivity index (χ2n) is 3.92. The molecule has 1 atom stereocenters. The molecule has 1 rings (SSSR count). The van der Waals surface area contributed by atoms with E-state index >= 15 is 0 Å². The third kappa shape index (κ3) is 5.71. The van der Waals surface area contributed by atoms with Crippen molar-refractivity contribution in [3.05, 3.63) is 0 Å². The van der Waals surface area contributed by atoms with Crippen molar-refractivity contribution in [2.45, 2.75) is 25.3 Å². The summed E-state index contributed by atoms with van der Waals surface area (Å²) < 4.78 is 21.1. The van der Waals surface area contributed by atoms with Gasteiger partial charge >= 0.3 is 0 Å². The second kappa shape index (κ2) is 4.91. The Balaban J connectivity index is 2.13. The first-order valence-electron chi connectivity index (χ1n) is 4.91. The predicted molar refractivity (Wildman–Crippen MR) is 56.3 cm³/mol. The van der Waals surface area contributed by atoms with Crippen LogP contribution >= 0.6 is 0 Å². The summed E-state index contributed by atoms with van der Waals surface area (Å²) in [6.45, 7) is 0.0506. The third-order valence-corrected chi connectivity index (χ3v) is 3.13. The number of hydrogen-bond donors (Lipinski definition) is 3. The van der Waals surface area contributed by atoms with Gasteiger partial charge < -0.3 is 11.1 Å². The Morgan fingerprint density at radius 2 is 2.07 bits per heavy atom. The van der Waals surface area contributed by atoms with Gasteiger partial charge in [-0.05, 0) is 18.8 Å². The molecule has 1 aliphatic rings. The molecule has 0 bridgehead atoms. The molecular formula is C8H17N3O3S. The fourth-order valence-electron chi connectivity index (χ4n) is 1.31. The zero-order valence-electron chi connectivity index (χ0n) is 8.48. The monoisotopic (exact) mass is 235 g/mol. The lowest BCUT2D eigenvalue weighted by atomic mass is 10.1. The summed E-state index contributed by atoms with van der Waals surface area (Å²) in [5, 5.41) is 7.25. The molecule has 0 aromatic carbocycles. The van der Waals surface area contributed by atoms with E-state index in [4.69, 9.17) is 10.9 Å². The quantitative estimate of drug-likeness (QED) is 0.520. The smallest absolute Gasteiger partial charge is 0.221 e. The van der Waals surface area contributed by atoms with Gasteiger partial charge in [0.25, 0.3) is 0 Å². The molecule has 1 saturated carbocycles. The Morgan fingerprint density at radius 1 is 1.47 bits per heavy atom. The number of primary sulfonamides is 1. The highest BCUT2D eigenvalue weighted by Crippen LogP contribution is 2.32. The van der Waals surface area contributed by atoms with E-state index in [9.17, 15) is 13.2 Å². The summed E-state index contributed by atoms with van der Waals surface area (Å²) in [5.74, 6) is 0.0178. The van der Waals surface area contributed by atoms with Gasteiger partial charge in [-0.3, -0.25) is 4.79 Å². The molecule has 88 valence electrons. The van der Waals surface area contributed by atoms with E-state index in [1.165, 1.54) is 0 Å². The van der Waals surface area contributed by atoms with Crippen molar-refractivity contribution < 1.29 is 13.2 Å². The van der Waals surface area contributed by atoms with Gasteiger partial charge in [0.15, 0.2) is 0 Å². The lowest BCUT2D eigenvalue weighted by Crippen LogP contribution is -2.36. The van der Waals surface area contributed by atoms with Crippen LogP contribution in [0.15, 0.2) is 0 Å². The molecule has 15 heavy (non-hydrogen) atoms. The number of amides is 1. The fourth-order valence-corrected chi connectivity index (χ4v) is 1.70. The van der Waals surface area contributed by atoms with Gasteiger partial charge in [0, 0.05) is 19.0 Å². The number of nitrogens with two attached hydrogens (primary N) is 2. The SMILES string of the molecule is NC(CC(=O)NCCS(N)(=O)=O)C1CC1. The number of hydrogen-bond acceptors (Lipinski definition) is 4. The minimum absolute atomic E-state index is 0.0506. The fraction of sp³-hybridized carbons (Fsp3) is 0.875. The van der Waals surface area contributed by atoms with E-state index < -0.39 is 10.0 Å². The zero-order chi connectivity index (χ0) is 11.5. The maximum absolute atomic E-state index is 11.2. The maximum atomic E-state index is 11.2. The molecule has 0 saturated heterocycles. The molecule has 0 spiro atoms. The summed E-state index contributed by atoms with van der Waals surface area (Å²) in [6.07, 6.45) is 2.44. The van der Waals surface area contributed by atoms with E-state index in [1.807, 2.05) is 0 Å². The molecule has 1 fully saturated rings. The van der Waals surface area contributed by atoms with Gasteiger partial charge in [-0.1, -0.05) is 0 Å². The standard InChI is InChI=1S/C8H17N3O3S/c9-7(6-1-2-6)5-8(12)11-3-4-15(10,13)14/h6-7H,1-5,9H2,(H,11,12)(H2,10,13,14). The Bertz CT molecular complexity index is 324. The van der Waals surface area contributed by atoms with Crippen molar-refractivity contribution in [1.29, 1.82) is 0 Å². The summed E-state index contributed by atoms with van der Waals surface area (Å²) in [5.41, 5.74) is 5.73. The zero-order valence-corrected chi connectivity index (χ0v) is 9.29. The number of nitrogens with one attached hydrogen (secondary N) is 1. The van der Waals surface area contributed by atoms with Gasteiger partial charge in [-0.15, -0.1) is 0 Å². The van der Waals surface area contributed by atoms with Crippen LogP contribution in [0, 0.1) is 5.92 Å². The molecular weight excluding hydrogens is 218 g/mol. The van der Waals surface area contributed by atoms with Crippen LogP contribution in [-0.4, -0.2) is 32.7 Å². The summed E-state index contributed by atoms with van der Waals surface area (Å²) in [4.78, 5) is 11.2. The summed E-state index contributed by atoms with van der Waals surface area (Å²) in [6, 6.07) is -0.0977. The van der Waals surface area contributed by atoms with Crippen molar-refractivity contribution in [3.8, 4) is 0 Å². The Labute approximate surface area is 89.4 Å². The summed E-state index contributed by atoms with van der Waals surface area (Å²) >= 11 is 0. The highest BCUT2D eigenvalue weighted by atomic mass is 32.2. The molecule has 1 unspecified atom stereocenters. The Hall–Kier alpha value is -0.660. The van der Waals surface area contributed by atoms with Crippen LogP contribution in [-0.2, 0) is 14.8 Å². The van der Waals surface area contributed by atoms with Crippen molar-refractivity contribution in [2.75, 3.05) is 12.3 Å². The molecule has 0 aromatic rings. The van der Waals surface area contributed by atoms with E-state index in [0.717, 1.165) is 12.8 Å². The molecule has 6 nitrogen and oxygen atoms in total. The molecule has 0 radical (unpaired) electrons. The van der Waals surface area contributed by atoms with Gasteiger partial charge in [0.2, 0.25) is 15.9 Å². The average molecular weight is 235 g/mol. The lowest BCUT2D eigenvalue weighted by molar-refractivity contribution is -0.121. The van der Waals surface area contributed by atoms with Crippen molar-refractivity contribution in [1.82, 2.24) is 5.32 Å². The van der Waals surface area contributed by atoms with Crippen LogP contribution in [0.3, 0.4) is 0 Å². The molecule has 1 aliphatic carbocycles. The first-order valence-corrected chi connectivity index (χ1v) is 6.63. The Morgan fingerprint density at radius 3 is 2.53 bits per heavy atom. The van der Waals surface area contributed by atoms with E-state index in [1.54, 1.807) is 0 Å². The second-order valence-corrected chi connectivity index (χ2v) is 5.66. The number of sulfonamides is 1. The first-order chi connectivity index (χ1) is 6.88. The minimum atomic E-state index is -3.50. The molecule has 1 amide bonds. The summed E-state index contributed by atoms with van der Waals surface area (Å²) in [7, 11) is -3.50. The molecule has 0 heterocycles. The maximum Gasteiger partial charge on any atom is 0.221 e. The van der Waals surface area contributed by atoms with Crippen molar-refractivity contribution >= 4 is 15.9 Å². The van der Waals surface area contributed by atoms with Crippen LogP contribution < -0.4 is 16.2 Å². The molecule has 7 heteroatoms. The van der Waals surface area contributed by atoms with Gasteiger partial charge in [0.1, 0.15) is 0 Å². The molecule has 0 aliphatic heterocycles. The van der Waals surface area contributed by atoms with E-state index in [0.29, 0.717) is 5.92 Å². The highest BCUT2D eigenvalue weighted by molar-refractivity contribution is 7.89. The normalized spacial score (nSPS) is 18.5. The first kappa shape index (κ1) is 12.4. The highest BCUT2D eigenvalue weighted by Gasteiger charge is 2.29. The van der Waals surface area contributed by atoms with Crippen LogP contribution in [0.4, 0.5) is 0 Å². The van der Waals surface area contributed by atoms with Crippen LogP contribution in [0.1, 0.15) is 19.3 Å². The van der Waals surface area contributed by atoms with Gasteiger partial charge in [-0.25, -0.2) is 13.6 Å². The number of carbonyl (C=O) groups is 1. The van der Waals surface area contributed by atoms with Gasteiger partial charge in [0.05, 0.1) is 5.75 Å². The third-order valence-electron chi connectivity index (χ3n) is 2.36. The lowest BCUT2D eigenvalue weighted by Gasteiger charge is -2.09. The van der Waals surface area contributed by atoms with Crippen LogP contribution in [0.5, 0.6) is 0 Å². The van der Waals surface area contributed by atoms with Crippen LogP contribution in [0.2, 0.25) is 0 Å². The minimum Gasteiger partial charge on any atom is -0.355 e. The van der Waals surface area contributed by atoms with Crippen molar-refractivity contribution in [3.63, 3.8) is 0 Å². The molecule has 0 aromatic heterocycles. The van der Waals surface area contributed by atoms with E-state index in [2.05, 4.69) is 5.32 Å². The number of carbonyl (C=O) groups excluding carboxylic acids is 1. The largest absolute Gasteiger partial charge is 0.355 e. The van der Waals surface area contributed by atoms with E-state index in [-0.39, 0.29) is 30.7 Å². The van der Waals surface area contributed by atoms with Crippen LogP contribution in [0.25, 0.3) is 0 Å². The van der Waals surface area contributed by atoms with Gasteiger partial charge in [-0.2, -0.15) is 0 Å². The topological polar surface area (TPSA) is 115 Å².